The number of nitrogens with one attached hydrogen (secondary N) is 1. The van der Waals surface area contributed by atoms with Crippen molar-refractivity contribution in [1.82, 2.24) is 10.2 Å². The molecule has 2 aliphatic rings. The zero-order chi connectivity index (χ0) is 13.2. The van der Waals surface area contributed by atoms with Gasteiger partial charge in [0, 0.05) is 25.7 Å². The molecule has 1 saturated carbocycles. The number of fused-ring (bicyclic) bond motifs is 2. The number of piperidine rings is 1. The maximum Gasteiger partial charge on any atom is 0.0236 e. The van der Waals surface area contributed by atoms with E-state index in [1.165, 1.54) is 36.9 Å². The first kappa shape index (κ1) is 13.1. The molecule has 2 fully saturated rings. The van der Waals surface area contributed by atoms with Crippen LogP contribution in [0.5, 0.6) is 0 Å². The van der Waals surface area contributed by atoms with Crippen molar-refractivity contribution < 1.29 is 0 Å². The van der Waals surface area contributed by atoms with Crippen molar-refractivity contribution in [3.8, 4) is 0 Å². The second-order valence-corrected chi connectivity index (χ2v) is 6.46. The van der Waals surface area contributed by atoms with Crippen LogP contribution in [0.3, 0.4) is 0 Å². The minimum absolute atomic E-state index is 0.599. The van der Waals surface area contributed by atoms with E-state index >= 15 is 0 Å². The molecule has 1 aliphatic heterocycles. The third-order valence-corrected chi connectivity index (χ3v) is 4.97. The van der Waals surface area contributed by atoms with Crippen LogP contribution in [-0.4, -0.2) is 31.1 Å². The first-order valence-electron chi connectivity index (χ1n) is 7.73. The molecule has 0 aromatic heterocycles. The van der Waals surface area contributed by atoms with Crippen molar-refractivity contribution in [3.63, 3.8) is 0 Å². The Labute approximate surface area is 117 Å². The summed E-state index contributed by atoms with van der Waals surface area (Å²) in [5, 5.41) is 3.25. The zero-order valence-electron chi connectivity index (χ0n) is 12.2. The van der Waals surface area contributed by atoms with Gasteiger partial charge in [0.15, 0.2) is 0 Å². The van der Waals surface area contributed by atoms with E-state index in [2.05, 4.69) is 41.4 Å². The summed E-state index contributed by atoms with van der Waals surface area (Å²) in [5.74, 6) is 1.60. The number of likely N-dealkylation sites (N-methyl/N-ethyl adjacent to an activating group) is 1. The molecule has 1 aromatic rings. The SMILES string of the molecule is CNCC(C)c1ccc(CN2CC3CCC2C3)cc1. The predicted octanol–water partition coefficient (Wildman–Crippen LogP) is 2.99. The summed E-state index contributed by atoms with van der Waals surface area (Å²) >= 11 is 0. The van der Waals surface area contributed by atoms with Crippen molar-refractivity contribution in [2.75, 3.05) is 20.1 Å². The van der Waals surface area contributed by atoms with Crippen molar-refractivity contribution in [3.05, 3.63) is 35.4 Å². The first-order valence-corrected chi connectivity index (χ1v) is 7.73. The molecule has 1 heterocycles. The van der Waals surface area contributed by atoms with Crippen LogP contribution in [0.2, 0.25) is 0 Å². The van der Waals surface area contributed by atoms with E-state index in [0.29, 0.717) is 5.92 Å². The van der Waals surface area contributed by atoms with Gasteiger partial charge in [-0.1, -0.05) is 31.2 Å². The van der Waals surface area contributed by atoms with Crippen LogP contribution in [0.25, 0.3) is 0 Å². The minimum atomic E-state index is 0.599. The lowest BCUT2D eigenvalue weighted by Gasteiger charge is -2.26. The first-order chi connectivity index (χ1) is 9.26. The molecule has 1 N–H and O–H groups in total. The highest BCUT2D eigenvalue weighted by Gasteiger charge is 2.37. The molecule has 0 amide bonds. The molecule has 2 nitrogen and oxygen atoms in total. The fourth-order valence-electron chi connectivity index (χ4n) is 3.83. The second-order valence-electron chi connectivity index (χ2n) is 6.46. The van der Waals surface area contributed by atoms with Crippen LogP contribution in [0.1, 0.15) is 43.2 Å². The summed E-state index contributed by atoms with van der Waals surface area (Å²) in [6.07, 6.45) is 4.36. The third kappa shape index (κ3) is 2.85. The van der Waals surface area contributed by atoms with Gasteiger partial charge in [-0.3, -0.25) is 4.90 Å². The second kappa shape index (κ2) is 5.64. The molecule has 3 unspecified atom stereocenters. The molecule has 3 rings (SSSR count). The van der Waals surface area contributed by atoms with Crippen LogP contribution < -0.4 is 5.32 Å². The maximum absolute atomic E-state index is 3.25. The topological polar surface area (TPSA) is 15.3 Å². The Balaban J connectivity index is 1.60. The van der Waals surface area contributed by atoms with Crippen molar-refractivity contribution in [2.24, 2.45) is 5.92 Å². The Bertz CT molecular complexity index is 412. The summed E-state index contributed by atoms with van der Waals surface area (Å²) in [6, 6.07) is 10.2. The molecular formula is C17H26N2. The van der Waals surface area contributed by atoms with Gasteiger partial charge in [-0.15, -0.1) is 0 Å². The van der Waals surface area contributed by atoms with Crippen molar-refractivity contribution >= 4 is 0 Å². The van der Waals surface area contributed by atoms with Gasteiger partial charge < -0.3 is 5.32 Å². The summed E-state index contributed by atoms with van der Waals surface area (Å²) in [5.41, 5.74) is 2.93. The molecule has 104 valence electrons. The van der Waals surface area contributed by atoms with E-state index < -0.39 is 0 Å². The van der Waals surface area contributed by atoms with E-state index in [4.69, 9.17) is 0 Å². The predicted molar refractivity (Wildman–Crippen MR) is 80.3 cm³/mol. The Kier molecular flexibility index (Phi) is 3.90. The van der Waals surface area contributed by atoms with Gasteiger partial charge in [-0.2, -0.15) is 0 Å². The van der Waals surface area contributed by atoms with E-state index in [9.17, 15) is 0 Å². The number of rotatable bonds is 5. The summed E-state index contributed by atoms with van der Waals surface area (Å²) < 4.78 is 0. The average Bonchev–Trinajstić information content (AvgIpc) is 3.02. The number of nitrogens with zero attached hydrogens (tertiary/aromatic N) is 1. The molecule has 1 aliphatic carbocycles. The molecule has 19 heavy (non-hydrogen) atoms. The lowest BCUT2D eigenvalue weighted by Crippen LogP contribution is -2.31. The van der Waals surface area contributed by atoms with Gasteiger partial charge >= 0.3 is 0 Å². The fourth-order valence-corrected chi connectivity index (χ4v) is 3.83. The molecule has 3 atom stereocenters. The van der Waals surface area contributed by atoms with E-state index in [0.717, 1.165) is 25.0 Å². The van der Waals surface area contributed by atoms with E-state index in [-0.39, 0.29) is 0 Å². The van der Waals surface area contributed by atoms with Gasteiger partial charge in [-0.25, -0.2) is 0 Å². The highest BCUT2D eigenvalue weighted by atomic mass is 15.2. The average molecular weight is 258 g/mol. The highest BCUT2D eigenvalue weighted by Crippen LogP contribution is 2.38. The number of likely N-dealkylation sites (tertiary alicyclic amines) is 1. The molecule has 2 heteroatoms. The van der Waals surface area contributed by atoms with Crippen molar-refractivity contribution in [2.45, 2.75) is 44.7 Å². The summed E-state index contributed by atoms with van der Waals surface area (Å²) in [6.45, 7) is 5.82. The van der Waals surface area contributed by atoms with Gasteiger partial charge in [0.25, 0.3) is 0 Å². The molecule has 1 aromatic carbocycles. The monoisotopic (exact) mass is 258 g/mol. The largest absolute Gasteiger partial charge is 0.319 e. The van der Waals surface area contributed by atoms with Gasteiger partial charge in [0.2, 0.25) is 0 Å². The molecule has 2 bridgehead atoms. The normalized spacial score (nSPS) is 27.9. The van der Waals surface area contributed by atoms with E-state index in [1.807, 2.05) is 7.05 Å². The Morgan fingerprint density at radius 1 is 1.26 bits per heavy atom. The van der Waals surface area contributed by atoms with Crippen LogP contribution in [0.4, 0.5) is 0 Å². The van der Waals surface area contributed by atoms with Gasteiger partial charge in [0.1, 0.15) is 0 Å². The number of hydrogen-bond acceptors (Lipinski definition) is 2. The van der Waals surface area contributed by atoms with Crippen LogP contribution >= 0.6 is 0 Å². The Morgan fingerprint density at radius 3 is 2.63 bits per heavy atom. The lowest BCUT2D eigenvalue weighted by atomic mass is 9.99. The Hall–Kier alpha value is -0.860. The smallest absolute Gasteiger partial charge is 0.0236 e. The van der Waals surface area contributed by atoms with Crippen LogP contribution in [0.15, 0.2) is 24.3 Å². The quantitative estimate of drug-likeness (QED) is 0.873. The standard InChI is InChI=1S/C17H26N2/c1-13(10-18-2)16-6-3-14(4-7-16)11-19-12-15-5-8-17(19)9-15/h3-4,6-7,13,15,17-18H,5,8-12H2,1-2H3. The van der Waals surface area contributed by atoms with Crippen LogP contribution in [0, 0.1) is 5.92 Å². The summed E-state index contributed by atoms with van der Waals surface area (Å²) in [7, 11) is 2.02. The molecular weight excluding hydrogens is 232 g/mol. The number of hydrogen-bond donors (Lipinski definition) is 1. The van der Waals surface area contributed by atoms with Gasteiger partial charge in [-0.05, 0) is 49.3 Å². The lowest BCUT2D eigenvalue weighted by molar-refractivity contribution is 0.205. The zero-order valence-corrected chi connectivity index (χ0v) is 12.2. The molecule has 0 radical (unpaired) electrons. The highest BCUT2D eigenvalue weighted by molar-refractivity contribution is 5.25. The summed E-state index contributed by atoms with van der Waals surface area (Å²) in [4.78, 5) is 2.69. The molecule has 0 spiro atoms. The molecule has 1 saturated heterocycles. The number of benzene rings is 1. The van der Waals surface area contributed by atoms with Crippen LogP contribution in [-0.2, 0) is 6.54 Å². The Morgan fingerprint density at radius 2 is 2.05 bits per heavy atom. The minimum Gasteiger partial charge on any atom is -0.319 e. The van der Waals surface area contributed by atoms with Gasteiger partial charge in [0.05, 0.1) is 0 Å². The third-order valence-electron chi connectivity index (χ3n) is 4.97. The van der Waals surface area contributed by atoms with E-state index in [1.54, 1.807) is 0 Å². The fraction of sp³-hybridized carbons (Fsp3) is 0.647. The maximum atomic E-state index is 3.25. The van der Waals surface area contributed by atoms with Crippen molar-refractivity contribution in [1.29, 1.82) is 0 Å².